The molecule has 5 nitrogen and oxygen atoms in total. The van der Waals surface area contributed by atoms with Gasteiger partial charge in [-0.1, -0.05) is 11.6 Å². The third-order valence-corrected chi connectivity index (χ3v) is 4.83. The highest BCUT2D eigenvalue weighted by atomic mass is 35.5. The van der Waals surface area contributed by atoms with Crippen molar-refractivity contribution in [2.45, 2.75) is 19.3 Å². The number of hydrogen-bond acceptors (Lipinski definition) is 5. The number of carbonyl (C=O) groups is 2. The highest BCUT2D eigenvalue weighted by Crippen LogP contribution is 2.30. The van der Waals surface area contributed by atoms with Gasteiger partial charge >= 0.3 is 5.97 Å². The first kappa shape index (κ1) is 15.0. The molecule has 0 atom stereocenters. The number of nitrogens with one attached hydrogen (secondary N) is 1. The van der Waals surface area contributed by atoms with Crippen molar-refractivity contribution < 1.29 is 14.3 Å². The fourth-order valence-electron chi connectivity index (χ4n) is 2.30. The molecule has 22 heavy (non-hydrogen) atoms. The summed E-state index contributed by atoms with van der Waals surface area (Å²) in [5.74, 6) is -0.917. The van der Waals surface area contributed by atoms with E-state index in [0.717, 1.165) is 19.3 Å². The van der Waals surface area contributed by atoms with E-state index in [1.54, 1.807) is 12.1 Å². The standard InChI is InChI=1S/C15H13ClN2O3S/c16-14-10(4-2-6-17-14)18-13(19)8-21-15(20)12-7-9-3-1-5-11(9)22-12/h2,4,6-7H,1,3,5,8H2,(H,18,19). The number of carbonyl (C=O) groups excluding carboxylic acids is 2. The van der Waals surface area contributed by atoms with Crippen LogP contribution >= 0.6 is 22.9 Å². The summed E-state index contributed by atoms with van der Waals surface area (Å²) in [7, 11) is 0. The Morgan fingerprint density at radius 2 is 2.27 bits per heavy atom. The van der Waals surface area contributed by atoms with Crippen LogP contribution in [0.5, 0.6) is 0 Å². The lowest BCUT2D eigenvalue weighted by Crippen LogP contribution is -2.20. The zero-order valence-corrected chi connectivity index (χ0v) is 13.2. The SMILES string of the molecule is O=C(COC(=O)c1cc2c(s1)CCC2)Nc1cccnc1Cl. The Hall–Kier alpha value is -1.92. The molecule has 0 aliphatic heterocycles. The van der Waals surface area contributed by atoms with Crippen LogP contribution in [0.2, 0.25) is 5.15 Å². The summed E-state index contributed by atoms with van der Waals surface area (Å²) in [4.78, 5) is 29.4. The van der Waals surface area contributed by atoms with Gasteiger partial charge in [-0.25, -0.2) is 9.78 Å². The lowest BCUT2D eigenvalue weighted by atomic mass is 10.2. The van der Waals surface area contributed by atoms with Crippen molar-refractivity contribution in [3.63, 3.8) is 0 Å². The summed E-state index contributed by atoms with van der Waals surface area (Å²) in [6, 6.07) is 5.14. The fourth-order valence-corrected chi connectivity index (χ4v) is 3.61. The number of aryl methyl sites for hydroxylation is 2. The van der Waals surface area contributed by atoms with Gasteiger partial charge in [0.05, 0.1) is 5.69 Å². The number of hydrogen-bond donors (Lipinski definition) is 1. The second-order valence-electron chi connectivity index (χ2n) is 4.88. The monoisotopic (exact) mass is 336 g/mol. The minimum absolute atomic E-state index is 0.192. The van der Waals surface area contributed by atoms with Gasteiger partial charge in [-0.15, -0.1) is 11.3 Å². The Balaban J connectivity index is 1.54. The maximum absolute atomic E-state index is 11.9. The number of amides is 1. The number of rotatable bonds is 4. The molecular weight excluding hydrogens is 324 g/mol. The summed E-state index contributed by atoms with van der Waals surface area (Å²) in [6.07, 6.45) is 4.70. The summed E-state index contributed by atoms with van der Waals surface area (Å²) in [6.45, 7) is -0.355. The summed E-state index contributed by atoms with van der Waals surface area (Å²) in [5, 5.41) is 2.74. The van der Waals surface area contributed by atoms with Crippen LogP contribution in [0.15, 0.2) is 24.4 Å². The molecule has 1 N–H and O–H groups in total. The van der Waals surface area contributed by atoms with Crippen LogP contribution in [0.3, 0.4) is 0 Å². The number of ether oxygens (including phenoxy) is 1. The van der Waals surface area contributed by atoms with Gasteiger partial charge in [0.1, 0.15) is 4.88 Å². The molecule has 0 fully saturated rings. The maximum Gasteiger partial charge on any atom is 0.348 e. The Bertz CT molecular complexity index is 708. The second-order valence-corrected chi connectivity index (χ2v) is 6.37. The summed E-state index contributed by atoms with van der Waals surface area (Å²) in [5.41, 5.74) is 1.61. The first-order chi connectivity index (χ1) is 10.6. The van der Waals surface area contributed by atoms with Crippen molar-refractivity contribution in [2.24, 2.45) is 0 Å². The van der Waals surface area contributed by atoms with Crippen molar-refractivity contribution in [1.82, 2.24) is 4.98 Å². The number of thiophene rings is 1. The zero-order valence-electron chi connectivity index (χ0n) is 11.6. The molecule has 0 aromatic carbocycles. The molecule has 0 bridgehead atoms. The van der Waals surface area contributed by atoms with Gasteiger partial charge in [0.25, 0.3) is 5.91 Å². The number of anilines is 1. The maximum atomic E-state index is 11.9. The van der Waals surface area contributed by atoms with E-state index in [1.807, 2.05) is 6.07 Å². The highest BCUT2D eigenvalue weighted by Gasteiger charge is 2.20. The highest BCUT2D eigenvalue weighted by molar-refractivity contribution is 7.14. The smallest absolute Gasteiger partial charge is 0.348 e. The number of nitrogens with zero attached hydrogens (tertiary/aromatic N) is 1. The molecule has 2 aromatic rings. The Labute approximate surface area is 136 Å². The normalized spacial score (nSPS) is 12.8. The third-order valence-electron chi connectivity index (χ3n) is 3.32. The second kappa shape index (κ2) is 6.46. The van der Waals surface area contributed by atoms with Gasteiger partial charge in [-0.05, 0) is 43.0 Å². The first-order valence-corrected chi connectivity index (χ1v) is 8.02. The molecule has 2 aromatic heterocycles. The lowest BCUT2D eigenvalue weighted by molar-refractivity contribution is -0.119. The predicted octanol–water partition coefficient (Wildman–Crippen LogP) is 3.08. The quantitative estimate of drug-likeness (QED) is 0.688. The molecule has 0 spiro atoms. The molecule has 1 amide bonds. The van der Waals surface area contributed by atoms with E-state index in [-0.39, 0.29) is 11.8 Å². The van der Waals surface area contributed by atoms with E-state index >= 15 is 0 Å². The molecular formula is C15H13ClN2O3S. The van der Waals surface area contributed by atoms with Gasteiger partial charge in [-0.3, -0.25) is 4.79 Å². The number of halogens is 1. The van der Waals surface area contributed by atoms with Crippen LogP contribution < -0.4 is 5.32 Å². The first-order valence-electron chi connectivity index (χ1n) is 6.82. The predicted molar refractivity (Wildman–Crippen MR) is 84.5 cm³/mol. The van der Waals surface area contributed by atoms with E-state index < -0.39 is 11.9 Å². The molecule has 2 heterocycles. The molecule has 0 saturated carbocycles. The van der Waals surface area contributed by atoms with Gasteiger partial charge < -0.3 is 10.1 Å². The number of aromatic nitrogens is 1. The molecule has 3 rings (SSSR count). The van der Waals surface area contributed by atoms with Crippen molar-refractivity contribution in [3.8, 4) is 0 Å². The Kier molecular flexibility index (Phi) is 4.40. The van der Waals surface area contributed by atoms with E-state index in [1.165, 1.54) is 28.0 Å². The van der Waals surface area contributed by atoms with Gasteiger partial charge in [-0.2, -0.15) is 0 Å². The topological polar surface area (TPSA) is 68.3 Å². The molecule has 7 heteroatoms. The molecule has 0 radical (unpaired) electrons. The van der Waals surface area contributed by atoms with E-state index in [9.17, 15) is 9.59 Å². The van der Waals surface area contributed by atoms with E-state index in [0.29, 0.717) is 10.6 Å². The van der Waals surface area contributed by atoms with Crippen LogP contribution in [0, 0.1) is 0 Å². The molecule has 1 aliphatic rings. The minimum Gasteiger partial charge on any atom is -0.451 e. The van der Waals surface area contributed by atoms with Gasteiger partial charge in [0.2, 0.25) is 0 Å². The summed E-state index contributed by atoms with van der Waals surface area (Å²) >= 11 is 7.29. The van der Waals surface area contributed by atoms with E-state index in [4.69, 9.17) is 16.3 Å². The molecule has 0 saturated heterocycles. The fraction of sp³-hybridized carbons (Fsp3) is 0.267. The lowest BCUT2D eigenvalue weighted by Gasteiger charge is -2.06. The Morgan fingerprint density at radius 3 is 3.05 bits per heavy atom. The van der Waals surface area contributed by atoms with Crippen molar-refractivity contribution in [1.29, 1.82) is 0 Å². The molecule has 114 valence electrons. The largest absolute Gasteiger partial charge is 0.451 e. The van der Waals surface area contributed by atoms with Gasteiger partial charge in [0, 0.05) is 11.1 Å². The summed E-state index contributed by atoms with van der Waals surface area (Å²) < 4.78 is 5.03. The molecule has 0 unspecified atom stereocenters. The minimum atomic E-state index is -0.466. The van der Waals surface area contributed by atoms with Crippen molar-refractivity contribution in [2.75, 3.05) is 11.9 Å². The Morgan fingerprint density at radius 1 is 1.41 bits per heavy atom. The zero-order chi connectivity index (χ0) is 15.5. The number of esters is 1. The average Bonchev–Trinajstić information content (AvgIpc) is 3.08. The van der Waals surface area contributed by atoms with Crippen LogP contribution in [-0.2, 0) is 22.4 Å². The molecule has 1 aliphatic carbocycles. The van der Waals surface area contributed by atoms with Gasteiger partial charge in [0.15, 0.2) is 11.8 Å². The average molecular weight is 337 g/mol. The number of fused-ring (bicyclic) bond motifs is 1. The van der Waals surface area contributed by atoms with Crippen molar-refractivity contribution >= 4 is 40.5 Å². The number of pyridine rings is 1. The van der Waals surface area contributed by atoms with Crippen LogP contribution in [0.1, 0.15) is 26.5 Å². The van der Waals surface area contributed by atoms with Crippen LogP contribution in [0.25, 0.3) is 0 Å². The van der Waals surface area contributed by atoms with Crippen LogP contribution in [-0.4, -0.2) is 23.5 Å². The van der Waals surface area contributed by atoms with Crippen molar-refractivity contribution in [3.05, 3.63) is 44.9 Å². The third kappa shape index (κ3) is 3.28. The van der Waals surface area contributed by atoms with E-state index in [2.05, 4.69) is 10.3 Å². The van der Waals surface area contributed by atoms with Crippen LogP contribution in [0.4, 0.5) is 5.69 Å².